The average molecular weight is 599 g/mol. The van der Waals surface area contributed by atoms with E-state index in [0.717, 1.165) is 61.1 Å². The number of thioether (sulfide) groups is 1. The van der Waals surface area contributed by atoms with Crippen LogP contribution in [0.4, 0.5) is 11.4 Å². The number of anilines is 2. The van der Waals surface area contributed by atoms with Crippen molar-refractivity contribution < 1.29 is 19.1 Å². The predicted molar refractivity (Wildman–Crippen MR) is 173 cm³/mol. The maximum atomic E-state index is 13.5. The van der Waals surface area contributed by atoms with Gasteiger partial charge in [0.25, 0.3) is 0 Å². The van der Waals surface area contributed by atoms with Crippen molar-refractivity contribution >= 4 is 53.5 Å². The summed E-state index contributed by atoms with van der Waals surface area (Å²) in [6.07, 6.45) is 3.46. The van der Waals surface area contributed by atoms with E-state index in [1.54, 1.807) is 11.8 Å². The van der Waals surface area contributed by atoms with Gasteiger partial charge in [-0.2, -0.15) is 11.8 Å². The fourth-order valence-corrected chi connectivity index (χ4v) is 12.5. The summed E-state index contributed by atoms with van der Waals surface area (Å²) in [5.41, 5.74) is 5.46. The highest BCUT2D eigenvalue weighted by Gasteiger charge is 2.57. The molecular weight excluding hydrogens is 561 g/mol. The first-order valence-corrected chi connectivity index (χ1v) is 19.2. The first-order chi connectivity index (χ1) is 20.5. The van der Waals surface area contributed by atoms with Crippen molar-refractivity contribution in [2.24, 2.45) is 0 Å². The molecule has 7 rings (SSSR count). The van der Waals surface area contributed by atoms with Crippen molar-refractivity contribution in [1.82, 2.24) is 0 Å². The van der Waals surface area contributed by atoms with E-state index in [-0.39, 0.29) is 11.9 Å². The summed E-state index contributed by atoms with van der Waals surface area (Å²) in [4.78, 5) is 30.3. The van der Waals surface area contributed by atoms with Crippen molar-refractivity contribution in [3.8, 4) is 0 Å². The lowest BCUT2D eigenvalue weighted by Gasteiger charge is -2.47. The zero-order valence-corrected chi connectivity index (χ0v) is 26.3. The zero-order chi connectivity index (χ0) is 28.9. The summed E-state index contributed by atoms with van der Waals surface area (Å²) >= 11 is 1.66. The summed E-state index contributed by atoms with van der Waals surface area (Å²) < 4.78 is 11.7. The number of carbonyl (C=O) groups excluding carboxylic acids is 2. The van der Waals surface area contributed by atoms with E-state index in [1.165, 1.54) is 34.6 Å². The minimum atomic E-state index is -2.31. The van der Waals surface area contributed by atoms with Crippen LogP contribution in [0.5, 0.6) is 0 Å². The topological polar surface area (TPSA) is 59.1 Å². The molecule has 0 aliphatic carbocycles. The second-order valence-corrected chi connectivity index (χ2v) is 17.4. The molecule has 3 aromatic carbocycles. The minimum absolute atomic E-state index is 0.138. The maximum Gasteiger partial charge on any atom is 0.340 e. The predicted octanol–water partition coefficient (Wildman–Crippen LogP) is 4.76. The second kappa shape index (κ2) is 10.8. The number of carbonyl (C=O) groups is 2. The Hall–Kier alpha value is -3.23. The number of rotatable bonds is 9. The van der Waals surface area contributed by atoms with Crippen LogP contribution in [0, 0.1) is 0 Å². The Labute approximate surface area is 253 Å². The Balaban J connectivity index is 1.36. The molecule has 2 fully saturated rings. The second-order valence-electron chi connectivity index (χ2n) is 12.1. The van der Waals surface area contributed by atoms with Gasteiger partial charge < -0.3 is 19.3 Å². The molecule has 6 nitrogen and oxygen atoms in total. The van der Waals surface area contributed by atoms with Gasteiger partial charge in [-0.1, -0.05) is 36.9 Å². The number of hydrogen-bond acceptors (Lipinski definition) is 7. The van der Waals surface area contributed by atoms with Gasteiger partial charge in [-0.3, -0.25) is 4.79 Å². The first kappa shape index (κ1) is 27.6. The van der Waals surface area contributed by atoms with Gasteiger partial charge in [-0.25, -0.2) is 4.79 Å². The molecule has 0 unspecified atom stereocenters. The fourth-order valence-electron chi connectivity index (χ4n) is 7.20. The van der Waals surface area contributed by atoms with Crippen LogP contribution in [0.25, 0.3) is 0 Å². The van der Waals surface area contributed by atoms with E-state index in [1.807, 2.05) is 25.1 Å². The van der Waals surface area contributed by atoms with Crippen LogP contribution >= 0.6 is 11.8 Å². The van der Waals surface area contributed by atoms with Crippen LogP contribution in [-0.4, -0.2) is 64.3 Å². The van der Waals surface area contributed by atoms with Gasteiger partial charge in [-0.05, 0) is 78.7 Å². The van der Waals surface area contributed by atoms with Gasteiger partial charge in [0, 0.05) is 54.2 Å². The fraction of sp³-hybridized carbons (Fsp3) is 0.412. The maximum absolute atomic E-state index is 13.5. The summed E-state index contributed by atoms with van der Waals surface area (Å²) in [6.45, 7) is 9.12. The minimum Gasteiger partial charge on any atom is -0.465 e. The van der Waals surface area contributed by atoms with E-state index in [9.17, 15) is 9.59 Å². The molecule has 0 saturated carbocycles. The summed E-state index contributed by atoms with van der Waals surface area (Å²) in [7, 11) is -2.31. The van der Waals surface area contributed by atoms with Crippen molar-refractivity contribution in [2.45, 2.75) is 44.4 Å². The molecule has 0 N–H and O–H groups in total. The number of hydrogen-bond donors (Lipinski definition) is 0. The number of benzene rings is 3. The van der Waals surface area contributed by atoms with Crippen LogP contribution in [0.3, 0.4) is 0 Å². The Morgan fingerprint density at radius 3 is 2.12 bits per heavy atom. The van der Waals surface area contributed by atoms with Gasteiger partial charge in [0.1, 0.15) is 8.07 Å². The largest absolute Gasteiger partial charge is 0.465 e. The summed E-state index contributed by atoms with van der Waals surface area (Å²) in [6, 6.07) is 22.8. The molecule has 4 aliphatic heterocycles. The Morgan fingerprint density at radius 1 is 0.929 bits per heavy atom. The third-order valence-corrected chi connectivity index (χ3v) is 15.2. The highest BCUT2D eigenvalue weighted by Crippen LogP contribution is 2.50. The first-order valence-electron chi connectivity index (χ1n) is 15.3. The van der Waals surface area contributed by atoms with Crippen molar-refractivity contribution in [3.05, 3.63) is 82.9 Å². The summed E-state index contributed by atoms with van der Waals surface area (Å²) in [5, 5.41) is 2.75. The standard InChI is InChI=1S/C34H38N2O4SSi/c1-3-39-32(37)23-41-19-8-20-42(2)30-21-24(35-15-6-16-35)11-13-28(30)34(27-10-5-4-9-26(27)33(38)40-34)29-14-12-25(22-31(29)42)36-17-7-18-36/h4-5,9-14,21-22H,3,6-8,15-20,23H2,1-2H3. The van der Waals surface area contributed by atoms with Gasteiger partial charge in [0.2, 0.25) is 0 Å². The Kier molecular flexibility index (Phi) is 7.09. The monoisotopic (exact) mass is 598 g/mol. The number of nitrogens with zero attached hydrogens (tertiary/aromatic N) is 2. The van der Waals surface area contributed by atoms with Crippen LogP contribution in [-0.2, 0) is 19.9 Å². The molecule has 2 saturated heterocycles. The summed E-state index contributed by atoms with van der Waals surface area (Å²) in [5.74, 6) is 0.920. The molecule has 0 aromatic heterocycles. The van der Waals surface area contributed by atoms with E-state index in [2.05, 4.69) is 58.8 Å². The van der Waals surface area contributed by atoms with Crippen LogP contribution < -0.4 is 20.2 Å². The van der Waals surface area contributed by atoms with Crippen molar-refractivity contribution in [2.75, 3.05) is 54.1 Å². The lowest BCUT2D eigenvalue weighted by molar-refractivity contribution is -0.139. The van der Waals surface area contributed by atoms with Gasteiger partial charge in [-0.15, -0.1) is 0 Å². The molecule has 4 heterocycles. The van der Waals surface area contributed by atoms with Gasteiger partial charge in [0.15, 0.2) is 5.60 Å². The zero-order valence-electron chi connectivity index (χ0n) is 24.5. The quantitative estimate of drug-likeness (QED) is 0.200. The number of fused-ring (bicyclic) bond motifs is 6. The van der Waals surface area contributed by atoms with E-state index in [4.69, 9.17) is 9.47 Å². The molecule has 8 heteroatoms. The number of ether oxygens (including phenoxy) is 2. The lowest BCUT2D eigenvalue weighted by Crippen LogP contribution is -2.65. The third kappa shape index (κ3) is 4.29. The molecule has 3 aromatic rings. The molecule has 0 amide bonds. The molecule has 1 spiro atoms. The van der Waals surface area contributed by atoms with E-state index in [0.29, 0.717) is 17.9 Å². The molecular formula is C34H38N2O4SSi. The van der Waals surface area contributed by atoms with E-state index >= 15 is 0 Å². The van der Waals surface area contributed by atoms with Crippen LogP contribution in [0.2, 0.25) is 12.6 Å². The molecule has 218 valence electrons. The van der Waals surface area contributed by atoms with Crippen LogP contribution in [0.15, 0.2) is 60.7 Å². The lowest BCUT2D eigenvalue weighted by atomic mass is 9.79. The Morgan fingerprint density at radius 2 is 1.55 bits per heavy atom. The van der Waals surface area contributed by atoms with Crippen molar-refractivity contribution in [1.29, 1.82) is 0 Å². The SMILES string of the molecule is CCOC(=O)CSCCC[Si]1(C)c2cc(N3CCC3)ccc2C2(OC(=O)c3ccccc32)c2ccc(N3CCC3)cc21. The highest BCUT2D eigenvalue weighted by molar-refractivity contribution is 7.99. The normalized spacial score (nSPS) is 23.4. The number of esters is 2. The van der Waals surface area contributed by atoms with Crippen molar-refractivity contribution in [3.63, 3.8) is 0 Å². The molecule has 4 aliphatic rings. The van der Waals surface area contributed by atoms with Crippen LogP contribution in [0.1, 0.15) is 53.2 Å². The third-order valence-electron chi connectivity index (χ3n) is 9.66. The smallest absolute Gasteiger partial charge is 0.340 e. The molecule has 0 atom stereocenters. The molecule has 42 heavy (non-hydrogen) atoms. The van der Waals surface area contributed by atoms with Gasteiger partial charge >= 0.3 is 11.9 Å². The highest BCUT2D eigenvalue weighted by atomic mass is 32.2. The van der Waals surface area contributed by atoms with Gasteiger partial charge in [0.05, 0.1) is 17.9 Å². The van der Waals surface area contributed by atoms with E-state index < -0.39 is 13.7 Å². The Bertz CT molecular complexity index is 1480. The average Bonchev–Trinajstić information content (AvgIpc) is 3.23. The molecule has 0 bridgehead atoms. The molecule has 0 radical (unpaired) electrons.